The van der Waals surface area contributed by atoms with Crippen LogP contribution >= 0.6 is 11.8 Å². The van der Waals surface area contributed by atoms with Crippen molar-refractivity contribution in [1.29, 1.82) is 0 Å². The second kappa shape index (κ2) is 6.74. The van der Waals surface area contributed by atoms with Crippen LogP contribution in [0.2, 0.25) is 0 Å². The van der Waals surface area contributed by atoms with Gasteiger partial charge in [-0.3, -0.25) is 14.5 Å². The molecular formula is C23H17FN2O2S. The second-order valence-electron chi connectivity index (χ2n) is 7.03. The van der Waals surface area contributed by atoms with Crippen LogP contribution in [0.25, 0.3) is 0 Å². The van der Waals surface area contributed by atoms with E-state index in [1.54, 1.807) is 17.0 Å². The van der Waals surface area contributed by atoms with Gasteiger partial charge in [0.15, 0.2) is 0 Å². The van der Waals surface area contributed by atoms with Crippen LogP contribution in [-0.2, 0) is 21.0 Å². The van der Waals surface area contributed by atoms with E-state index in [2.05, 4.69) is 0 Å². The molecule has 2 amide bonds. The molecule has 0 radical (unpaired) electrons. The van der Waals surface area contributed by atoms with Crippen LogP contribution in [0.5, 0.6) is 0 Å². The lowest BCUT2D eigenvalue weighted by molar-refractivity contribution is -0.123. The number of hydrogen-bond acceptors (Lipinski definition) is 3. The molecule has 29 heavy (non-hydrogen) atoms. The number of anilines is 2. The van der Waals surface area contributed by atoms with Gasteiger partial charge in [-0.05, 0) is 35.9 Å². The number of para-hydroxylation sites is 1. The first-order valence-corrected chi connectivity index (χ1v) is 10.3. The lowest BCUT2D eigenvalue weighted by Gasteiger charge is -2.33. The van der Waals surface area contributed by atoms with E-state index in [0.717, 1.165) is 16.8 Å². The molecule has 1 spiro atoms. The third-order valence-corrected chi connectivity index (χ3v) is 6.72. The van der Waals surface area contributed by atoms with Gasteiger partial charge in [0.1, 0.15) is 5.82 Å². The predicted octanol–water partition coefficient (Wildman–Crippen LogP) is 4.31. The van der Waals surface area contributed by atoms with Gasteiger partial charge in [0.2, 0.25) is 10.8 Å². The van der Waals surface area contributed by atoms with E-state index in [4.69, 9.17) is 0 Å². The fourth-order valence-electron chi connectivity index (χ4n) is 4.07. The van der Waals surface area contributed by atoms with E-state index < -0.39 is 4.87 Å². The number of amides is 2. The number of fused-ring (bicyclic) bond motifs is 2. The first-order valence-electron chi connectivity index (χ1n) is 9.29. The minimum Gasteiger partial charge on any atom is -0.304 e. The quantitative estimate of drug-likeness (QED) is 0.653. The van der Waals surface area contributed by atoms with Crippen LogP contribution in [0.15, 0.2) is 78.9 Å². The summed E-state index contributed by atoms with van der Waals surface area (Å²) < 4.78 is 13.5. The van der Waals surface area contributed by atoms with Crippen molar-refractivity contribution >= 4 is 35.0 Å². The van der Waals surface area contributed by atoms with Gasteiger partial charge in [-0.1, -0.05) is 48.5 Å². The molecule has 2 aliphatic rings. The van der Waals surface area contributed by atoms with Crippen molar-refractivity contribution in [2.45, 2.75) is 11.4 Å². The Morgan fingerprint density at radius 1 is 0.897 bits per heavy atom. The lowest BCUT2D eigenvalue weighted by Crippen LogP contribution is -2.49. The van der Waals surface area contributed by atoms with Crippen LogP contribution in [0, 0.1) is 5.82 Å². The maximum Gasteiger partial charge on any atom is 0.269 e. The van der Waals surface area contributed by atoms with Gasteiger partial charge in [0.05, 0.1) is 18.0 Å². The summed E-state index contributed by atoms with van der Waals surface area (Å²) in [6, 6.07) is 23.1. The fourth-order valence-corrected chi connectivity index (χ4v) is 5.43. The summed E-state index contributed by atoms with van der Waals surface area (Å²) in [4.78, 5) is 28.8. The molecule has 0 bridgehead atoms. The molecule has 1 atom stereocenters. The predicted molar refractivity (Wildman–Crippen MR) is 112 cm³/mol. The number of carbonyl (C=O) groups excluding carboxylic acids is 2. The summed E-state index contributed by atoms with van der Waals surface area (Å²) in [5, 5.41) is 0. The topological polar surface area (TPSA) is 40.6 Å². The molecule has 0 aliphatic carbocycles. The highest BCUT2D eigenvalue weighted by Gasteiger charge is 2.60. The number of nitrogens with zero attached hydrogens (tertiary/aromatic N) is 2. The zero-order valence-corrected chi connectivity index (χ0v) is 16.2. The van der Waals surface area contributed by atoms with Crippen molar-refractivity contribution in [2.75, 3.05) is 15.6 Å². The highest BCUT2D eigenvalue weighted by molar-refractivity contribution is 8.02. The second-order valence-corrected chi connectivity index (χ2v) is 8.20. The zero-order valence-electron chi connectivity index (χ0n) is 15.4. The van der Waals surface area contributed by atoms with Gasteiger partial charge in [0, 0.05) is 11.3 Å². The fraction of sp³-hybridized carbons (Fsp3) is 0.130. The smallest absolute Gasteiger partial charge is 0.269 e. The zero-order chi connectivity index (χ0) is 20.0. The van der Waals surface area contributed by atoms with Crippen molar-refractivity contribution in [3.8, 4) is 0 Å². The molecule has 3 aromatic carbocycles. The van der Waals surface area contributed by atoms with Gasteiger partial charge >= 0.3 is 0 Å². The van der Waals surface area contributed by atoms with Crippen LogP contribution in [0.4, 0.5) is 15.8 Å². The number of hydrogen-bond donors (Lipinski definition) is 0. The Hall–Kier alpha value is -3.12. The molecule has 4 nitrogen and oxygen atoms in total. The summed E-state index contributed by atoms with van der Waals surface area (Å²) in [7, 11) is 0. The van der Waals surface area contributed by atoms with Crippen LogP contribution < -0.4 is 9.80 Å². The third-order valence-electron chi connectivity index (χ3n) is 5.33. The summed E-state index contributed by atoms with van der Waals surface area (Å²) in [6.07, 6.45) is 0. The van der Waals surface area contributed by atoms with E-state index >= 15 is 0 Å². The van der Waals surface area contributed by atoms with Crippen LogP contribution in [0.1, 0.15) is 11.1 Å². The van der Waals surface area contributed by atoms with Crippen molar-refractivity contribution < 1.29 is 14.0 Å². The maximum absolute atomic E-state index is 13.8. The molecule has 0 saturated carbocycles. The Balaban J connectivity index is 1.65. The third kappa shape index (κ3) is 2.67. The Bertz CT molecular complexity index is 1100. The average molecular weight is 404 g/mol. The summed E-state index contributed by atoms with van der Waals surface area (Å²) in [5.41, 5.74) is 3.12. The van der Waals surface area contributed by atoms with Gasteiger partial charge in [-0.25, -0.2) is 4.39 Å². The summed E-state index contributed by atoms with van der Waals surface area (Å²) in [5.74, 6) is -0.503. The largest absolute Gasteiger partial charge is 0.304 e. The Labute approximate surface area is 171 Å². The Kier molecular flexibility index (Phi) is 4.17. The first-order chi connectivity index (χ1) is 14.1. The summed E-state index contributed by atoms with van der Waals surface area (Å²) >= 11 is 1.32. The van der Waals surface area contributed by atoms with E-state index in [9.17, 15) is 14.0 Å². The monoisotopic (exact) mass is 404 g/mol. The van der Waals surface area contributed by atoms with Gasteiger partial charge < -0.3 is 4.90 Å². The number of halogens is 1. The maximum atomic E-state index is 13.8. The number of benzene rings is 3. The highest BCUT2D eigenvalue weighted by atomic mass is 32.2. The van der Waals surface area contributed by atoms with E-state index in [-0.39, 0.29) is 23.4 Å². The van der Waals surface area contributed by atoms with Gasteiger partial charge in [-0.2, -0.15) is 0 Å². The number of carbonyl (C=O) groups is 2. The molecule has 2 heterocycles. The lowest BCUT2D eigenvalue weighted by atomic mass is 10.0. The normalized spacial score (nSPS) is 20.6. The van der Waals surface area contributed by atoms with Gasteiger partial charge in [0.25, 0.3) is 5.91 Å². The van der Waals surface area contributed by atoms with E-state index in [0.29, 0.717) is 12.2 Å². The molecule has 1 fully saturated rings. The minimum absolute atomic E-state index is 0.150. The van der Waals surface area contributed by atoms with Gasteiger partial charge in [-0.15, -0.1) is 11.8 Å². The van der Waals surface area contributed by atoms with E-state index in [1.807, 2.05) is 54.6 Å². The average Bonchev–Trinajstić information content (AvgIpc) is 3.21. The number of rotatable bonds is 3. The van der Waals surface area contributed by atoms with Crippen LogP contribution in [-0.4, -0.2) is 17.6 Å². The standard InChI is InChI=1S/C23H17FN2O2S/c24-17-10-12-18(13-11-17)26-21(27)15-29-23(26)19-8-4-5-9-20(19)25(22(23)28)14-16-6-2-1-3-7-16/h1-13H,14-15H2/t23-/m0/s1. The van der Waals surface area contributed by atoms with Crippen molar-refractivity contribution in [2.24, 2.45) is 0 Å². The number of thioether (sulfide) groups is 1. The first kappa shape index (κ1) is 17.9. The van der Waals surface area contributed by atoms with Crippen molar-refractivity contribution in [3.05, 3.63) is 95.8 Å². The molecule has 1 saturated heterocycles. The van der Waals surface area contributed by atoms with Crippen molar-refractivity contribution in [3.63, 3.8) is 0 Å². The highest BCUT2D eigenvalue weighted by Crippen LogP contribution is 2.55. The molecule has 2 aliphatic heterocycles. The van der Waals surface area contributed by atoms with Crippen LogP contribution in [0.3, 0.4) is 0 Å². The molecule has 0 N–H and O–H groups in total. The van der Waals surface area contributed by atoms with Crippen molar-refractivity contribution in [1.82, 2.24) is 0 Å². The Morgan fingerprint density at radius 3 is 2.34 bits per heavy atom. The SMILES string of the molecule is O=C1CS[C@@]2(C(=O)N(Cc3ccccc3)c3ccccc32)N1c1ccc(F)cc1. The molecule has 144 valence electrons. The molecule has 0 aromatic heterocycles. The summed E-state index contributed by atoms with van der Waals surface area (Å²) in [6.45, 7) is 0.421. The molecule has 3 aromatic rings. The molecule has 6 heteroatoms. The molecular weight excluding hydrogens is 387 g/mol. The Morgan fingerprint density at radius 2 is 1.59 bits per heavy atom. The molecule has 5 rings (SSSR count). The molecule has 0 unspecified atom stereocenters. The van der Waals surface area contributed by atoms with E-state index in [1.165, 1.54) is 28.8 Å². The minimum atomic E-state index is -1.17.